The van der Waals surface area contributed by atoms with E-state index < -0.39 is 6.29 Å². The summed E-state index contributed by atoms with van der Waals surface area (Å²) in [5.74, 6) is 0. The number of aliphatic hydroxyl groups is 1. The largest absolute Gasteiger partial charge is 0.378 e. The van der Waals surface area contributed by atoms with Gasteiger partial charge in [0.15, 0.2) is 6.29 Å². The molecule has 0 aliphatic carbocycles. The lowest BCUT2D eigenvalue weighted by atomic mass is 9.92. The minimum Gasteiger partial charge on any atom is -0.378 e. The third-order valence-corrected chi connectivity index (χ3v) is 2.21. The fraction of sp³-hybridized carbons (Fsp3) is 1.00. The van der Waals surface area contributed by atoms with Crippen molar-refractivity contribution in [3.8, 4) is 0 Å². The Morgan fingerprint density at radius 1 is 1.55 bits per heavy atom. The Morgan fingerprint density at radius 3 is 2.64 bits per heavy atom. The molecule has 66 valence electrons. The van der Waals surface area contributed by atoms with Gasteiger partial charge in [-0.15, -0.1) is 0 Å². The van der Waals surface area contributed by atoms with E-state index in [9.17, 15) is 5.11 Å². The van der Waals surface area contributed by atoms with E-state index >= 15 is 0 Å². The number of hydrogen-bond donors (Lipinski definition) is 1. The first-order chi connectivity index (χ1) is 5.06. The average molecular weight is 160 g/mol. The first-order valence-corrected chi connectivity index (χ1v) is 3.94. The summed E-state index contributed by atoms with van der Waals surface area (Å²) in [5, 5.41) is 9.24. The lowest BCUT2D eigenvalue weighted by Gasteiger charge is -2.38. The Kier molecular flexibility index (Phi) is 2.52. The lowest BCUT2D eigenvalue weighted by Crippen LogP contribution is -2.43. The van der Waals surface area contributed by atoms with Crippen molar-refractivity contribution in [3.63, 3.8) is 0 Å². The highest BCUT2D eigenvalue weighted by Gasteiger charge is 2.35. The van der Waals surface area contributed by atoms with Crippen LogP contribution in [0, 0.1) is 0 Å². The second-order valence-electron chi connectivity index (χ2n) is 3.46. The van der Waals surface area contributed by atoms with Crippen LogP contribution < -0.4 is 0 Å². The molecular weight excluding hydrogens is 144 g/mol. The van der Waals surface area contributed by atoms with Crippen LogP contribution in [0.5, 0.6) is 0 Å². The van der Waals surface area contributed by atoms with Crippen molar-refractivity contribution in [2.45, 2.75) is 44.7 Å². The van der Waals surface area contributed by atoms with Gasteiger partial charge in [-0.2, -0.15) is 0 Å². The number of hydrogen-bond acceptors (Lipinski definition) is 3. The van der Waals surface area contributed by atoms with Gasteiger partial charge in [-0.05, 0) is 13.8 Å². The predicted molar refractivity (Wildman–Crippen MR) is 41.2 cm³/mol. The number of rotatable bonds is 1. The molecule has 3 heteroatoms. The molecular formula is C8H16O3. The lowest BCUT2D eigenvalue weighted by molar-refractivity contribution is -0.215. The molecule has 1 fully saturated rings. The topological polar surface area (TPSA) is 38.7 Å². The van der Waals surface area contributed by atoms with E-state index in [1.165, 1.54) is 0 Å². The second kappa shape index (κ2) is 3.09. The molecule has 1 unspecified atom stereocenters. The Balaban J connectivity index is 2.55. The minimum atomic E-state index is -0.663. The van der Waals surface area contributed by atoms with E-state index in [1.54, 1.807) is 7.11 Å². The van der Waals surface area contributed by atoms with Crippen molar-refractivity contribution in [3.05, 3.63) is 0 Å². The van der Waals surface area contributed by atoms with Gasteiger partial charge in [-0.1, -0.05) is 0 Å². The molecule has 0 aromatic heterocycles. The van der Waals surface area contributed by atoms with Gasteiger partial charge < -0.3 is 14.6 Å². The highest BCUT2D eigenvalue weighted by Crippen LogP contribution is 2.29. The quantitative estimate of drug-likeness (QED) is 0.619. The summed E-state index contributed by atoms with van der Waals surface area (Å²) in [6.07, 6.45) is 0.835. The summed E-state index contributed by atoms with van der Waals surface area (Å²) in [4.78, 5) is 0. The van der Waals surface area contributed by atoms with Crippen LogP contribution in [-0.2, 0) is 9.47 Å². The van der Waals surface area contributed by atoms with Crippen LogP contribution in [0.3, 0.4) is 0 Å². The van der Waals surface area contributed by atoms with Gasteiger partial charge in [-0.25, -0.2) is 0 Å². The molecule has 0 spiro atoms. The van der Waals surface area contributed by atoms with Crippen LogP contribution in [0.1, 0.15) is 26.7 Å². The highest BCUT2D eigenvalue weighted by molar-refractivity contribution is 4.82. The molecule has 0 bridgehead atoms. The van der Waals surface area contributed by atoms with Crippen LogP contribution in [-0.4, -0.2) is 30.2 Å². The summed E-state index contributed by atoms with van der Waals surface area (Å²) in [5.41, 5.74) is -0.211. The van der Waals surface area contributed by atoms with Gasteiger partial charge in [0.2, 0.25) is 0 Å². The predicted octanol–water partition coefficient (Wildman–Crippen LogP) is 0.909. The van der Waals surface area contributed by atoms with Crippen molar-refractivity contribution >= 4 is 0 Å². The third-order valence-electron chi connectivity index (χ3n) is 2.21. The Hall–Kier alpha value is -0.120. The fourth-order valence-electron chi connectivity index (χ4n) is 1.59. The van der Waals surface area contributed by atoms with E-state index in [0.29, 0.717) is 6.42 Å². The van der Waals surface area contributed by atoms with Crippen LogP contribution in [0.4, 0.5) is 0 Å². The molecule has 0 amide bonds. The van der Waals surface area contributed by atoms with Crippen LogP contribution in [0.25, 0.3) is 0 Å². The molecule has 3 nitrogen and oxygen atoms in total. The average Bonchev–Trinajstić information content (AvgIpc) is 1.84. The molecule has 0 radical (unpaired) electrons. The van der Waals surface area contributed by atoms with Crippen LogP contribution in [0.15, 0.2) is 0 Å². The standard InChI is InChI=1S/C8H16O3/c1-6-4-8(2,10-3)5-7(9)11-6/h6-7,9H,4-5H2,1-3H3/t6-,7+,8?/m0/s1. The molecule has 1 saturated heterocycles. The molecule has 0 aromatic carbocycles. The first-order valence-electron chi connectivity index (χ1n) is 3.94. The van der Waals surface area contributed by atoms with Gasteiger partial charge in [0.25, 0.3) is 0 Å². The Labute approximate surface area is 67.3 Å². The number of methoxy groups -OCH3 is 1. The highest BCUT2D eigenvalue weighted by atomic mass is 16.6. The SMILES string of the molecule is COC1(C)C[C@H](C)O[C@@H](O)C1. The van der Waals surface area contributed by atoms with E-state index in [2.05, 4.69) is 0 Å². The number of aliphatic hydroxyl groups excluding tert-OH is 1. The zero-order chi connectivity index (χ0) is 8.48. The molecule has 3 atom stereocenters. The van der Waals surface area contributed by atoms with Crippen molar-refractivity contribution < 1.29 is 14.6 Å². The summed E-state index contributed by atoms with van der Waals surface area (Å²) < 4.78 is 10.4. The Morgan fingerprint density at radius 2 is 2.18 bits per heavy atom. The van der Waals surface area contributed by atoms with Gasteiger partial charge in [0.1, 0.15) is 0 Å². The summed E-state index contributed by atoms with van der Waals surface area (Å²) in [7, 11) is 1.67. The normalized spacial score (nSPS) is 45.8. The smallest absolute Gasteiger partial charge is 0.157 e. The van der Waals surface area contributed by atoms with Gasteiger partial charge in [0.05, 0.1) is 11.7 Å². The summed E-state index contributed by atoms with van der Waals surface area (Å²) in [6.45, 7) is 3.94. The van der Waals surface area contributed by atoms with Crippen LogP contribution in [0.2, 0.25) is 0 Å². The number of ether oxygens (including phenoxy) is 2. The van der Waals surface area contributed by atoms with Crippen molar-refractivity contribution in [1.29, 1.82) is 0 Å². The van der Waals surface area contributed by atoms with Crippen molar-refractivity contribution in [1.82, 2.24) is 0 Å². The third kappa shape index (κ3) is 2.15. The van der Waals surface area contributed by atoms with Gasteiger partial charge in [-0.3, -0.25) is 0 Å². The maximum Gasteiger partial charge on any atom is 0.157 e. The molecule has 1 rings (SSSR count). The zero-order valence-electron chi connectivity index (χ0n) is 7.33. The van der Waals surface area contributed by atoms with Gasteiger partial charge >= 0.3 is 0 Å². The fourth-order valence-corrected chi connectivity index (χ4v) is 1.59. The monoisotopic (exact) mass is 160 g/mol. The molecule has 1 N–H and O–H groups in total. The Bertz CT molecular complexity index is 125. The van der Waals surface area contributed by atoms with Gasteiger partial charge in [0, 0.05) is 20.0 Å². The first kappa shape index (κ1) is 8.97. The van der Waals surface area contributed by atoms with E-state index in [0.717, 1.165) is 6.42 Å². The molecule has 0 saturated carbocycles. The van der Waals surface area contributed by atoms with Crippen molar-refractivity contribution in [2.75, 3.05) is 7.11 Å². The second-order valence-corrected chi connectivity index (χ2v) is 3.46. The molecule has 1 aliphatic heterocycles. The molecule has 0 aromatic rings. The maximum absolute atomic E-state index is 9.24. The summed E-state index contributed by atoms with van der Waals surface area (Å²) >= 11 is 0. The molecule has 1 aliphatic rings. The molecule has 1 heterocycles. The zero-order valence-corrected chi connectivity index (χ0v) is 7.33. The van der Waals surface area contributed by atoms with E-state index in [1.807, 2.05) is 13.8 Å². The summed E-state index contributed by atoms with van der Waals surface area (Å²) in [6, 6.07) is 0. The minimum absolute atomic E-state index is 0.0868. The molecule has 11 heavy (non-hydrogen) atoms. The van der Waals surface area contributed by atoms with E-state index in [-0.39, 0.29) is 11.7 Å². The van der Waals surface area contributed by atoms with Crippen molar-refractivity contribution in [2.24, 2.45) is 0 Å². The van der Waals surface area contributed by atoms with E-state index in [4.69, 9.17) is 9.47 Å². The maximum atomic E-state index is 9.24. The van der Waals surface area contributed by atoms with Crippen LogP contribution >= 0.6 is 0 Å².